The van der Waals surface area contributed by atoms with Crippen molar-refractivity contribution in [3.8, 4) is 5.75 Å². The van der Waals surface area contributed by atoms with Gasteiger partial charge in [0.2, 0.25) is 0 Å². The van der Waals surface area contributed by atoms with E-state index in [-0.39, 0.29) is 5.56 Å². The standard InChI is InChI=1S/C20H21N3O2/c1-15-10-18(22-13-16-6-5-9-21-12-16)11-20(24)23(15)14-17-7-3-4-8-19(17)25-2/h3-12,22H,13-14H2,1-2H3. The van der Waals surface area contributed by atoms with Gasteiger partial charge in [-0.05, 0) is 30.7 Å². The molecule has 2 aromatic heterocycles. The van der Waals surface area contributed by atoms with Crippen molar-refractivity contribution in [3.63, 3.8) is 0 Å². The molecule has 1 aromatic carbocycles. The van der Waals surface area contributed by atoms with Crippen LogP contribution in [-0.4, -0.2) is 16.7 Å². The number of anilines is 1. The largest absolute Gasteiger partial charge is 0.496 e. The summed E-state index contributed by atoms with van der Waals surface area (Å²) in [6.07, 6.45) is 3.55. The lowest BCUT2D eigenvalue weighted by Crippen LogP contribution is -2.23. The van der Waals surface area contributed by atoms with Gasteiger partial charge < -0.3 is 14.6 Å². The van der Waals surface area contributed by atoms with Crippen molar-refractivity contribution in [2.75, 3.05) is 12.4 Å². The van der Waals surface area contributed by atoms with Gasteiger partial charge in [0, 0.05) is 41.9 Å². The van der Waals surface area contributed by atoms with E-state index in [1.165, 1.54) is 0 Å². The van der Waals surface area contributed by atoms with E-state index in [0.717, 1.165) is 28.3 Å². The molecule has 128 valence electrons. The second kappa shape index (κ2) is 7.66. The highest BCUT2D eigenvalue weighted by molar-refractivity contribution is 5.44. The van der Waals surface area contributed by atoms with E-state index in [1.807, 2.05) is 55.6 Å². The zero-order chi connectivity index (χ0) is 17.6. The van der Waals surface area contributed by atoms with Crippen molar-refractivity contribution in [3.05, 3.63) is 88.1 Å². The minimum absolute atomic E-state index is 0.0420. The summed E-state index contributed by atoms with van der Waals surface area (Å²) in [5, 5.41) is 3.28. The summed E-state index contributed by atoms with van der Waals surface area (Å²) >= 11 is 0. The van der Waals surface area contributed by atoms with Crippen LogP contribution in [0.15, 0.2) is 65.7 Å². The number of hydrogen-bond acceptors (Lipinski definition) is 4. The molecule has 5 nitrogen and oxygen atoms in total. The lowest BCUT2D eigenvalue weighted by Gasteiger charge is -2.14. The summed E-state index contributed by atoms with van der Waals surface area (Å²) in [4.78, 5) is 16.6. The quantitative estimate of drug-likeness (QED) is 0.751. The van der Waals surface area contributed by atoms with E-state index in [0.29, 0.717) is 13.1 Å². The number of aromatic nitrogens is 2. The van der Waals surface area contributed by atoms with Crippen LogP contribution < -0.4 is 15.6 Å². The van der Waals surface area contributed by atoms with Gasteiger partial charge in [0.05, 0.1) is 13.7 Å². The van der Waals surface area contributed by atoms with Crippen molar-refractivity contribution in [1.29, 1.82) is 0 Å². The molecule has 0 fully saturated rings. The third-order valence-corrected chi connectivity index (χ3v) is 4.08. The zero-order valence-corrected chi connectivity index (χ0v) is 14.4. The van der Waals surface area contributed by atoms with E-state index in [1.54, 1.807) is 23.9 Å². The summed E-state index contributed by atoms with van der Waals surface area (Å²) in [6.45, 7) is 3.05. The molecule has 0 atom stereocenters. The van der Waals surface area contributed by atoms with Gasteiger partial charge in [-0.15, -0.1) is 0 Å². The summed E-state index contributed by atoms with van der Waals surface area (Å²) in [5.74, 6) is 0.785. The van der Waals surface area contributed by atoms with E-state index in [4.69, 9.17) is 4.74 Å². The van der Waals surface area contributed by atoms with Gasteiger partial charge in [-0.2, -0.15) is 0 Å². The molecule has 2 heterocycles. The third kappa shape index (κ3) is 4.07. The average molecular weight is 335 g/mol. The van der Waals surface area contributed by atoms with Gasteiger partial charge in [-0.25, -0.2) is 0 Å². The lowest BCUT2D eigenvalue weighted by atomic mass is 10.2. The van der Waals surface area contributed by atoms with Gasteiger partial charge in [0.25, 0.3) is 5.56 Å². The van der Waals surface area contributed by atoms with Crippen LogP contribution >= 0.6 is 0 Å². The molecule has 5 heteroatoms. The average Bonchev–Trinajstić information content (AvgIpc) is 2.64. The first-order chi connectivity index (χ1) is 12.2. The Bertz CT molecular complexity index is 904. The number of nitrogens with one attached hydrogen (secondary N) is 1. The number of nitrogens with zero attached hydrogens (tertiary/aromatic N) is 2. The van der Waals surface area contributed by atoms with E-state index in [9.17, 15) is 4.79 Å². The molecular weight excluding hydrogens is 314 g/mol. The number of pyridine rings is 2. The Labute approximate surface area is 146 Å². The lowest BCUT2D eigenvalue weighted by molar-refractivity contribution is 0.408. The van der Waals surface area contributed by atoms with Crippen LogP contribution in [-0.2, 0) is 13.1 Å². The van der Waals surface area contributed by atoms with Crippen LogP contribution in [0.3, 0.4) is 0 Å². The summed E-state index contributed by atoms with van der Waals surface area (Å²) < 4.78 is 7.12. The molecular formula is C20H21N3O2. The van der Waals surface area contributed by atoms with Gasteiger partial charge in [0.1, 0.15) is 5.75 Å². The number of benzene rings is 1. The Kier molecular flexibility index (Phi) is 5.14. The first-order valence-corrected chi connectivity index (χ1v) is 8.13. The fourth-order valence-electron chi connectivity index (χ4n) is 2.74. The fourth-order valence-corrected chi connectivity index (χ4v) is 2.74. The molecule has 1 N–H and O–H groups in total. The maximum Gasteiger partial charge on any atom is 0.253 e. The normalized spacial score (nSPS) is 10.5. The molecule has 0 bridgehead atoms. The molecule has 0 unspecified atom stereocenters. The van der Waals surface area contributed by atoms with Crippen molar-refractivity contribution in [2.45, 2.75) is 20.0 Å². The molecule has 0 amide bonds. The number of para-hydroxylation sites is 1. The Hall–Kier alpha value is -3.08. The van der Waals surface area contributed by atoms with Crippen molar-refractivity contribution < 1.29 is 4.74 Å². The molecule has 3 rings (SSSR count). The van der Waals surface area contributed by atoms with Crippen LogP contribution in [0, 0.1) is 6.92 Å². The highest BCUT2D eigenvalue weighted by atomic mass is 16.5. The first-order valence-electron chi connectivity index (χ1n) is 8.13. The van der Waals surface area contributed by atoms with Crippen LogP contribution in [0.25, 0.3) is 0 Å². The first kappa shape index (κ1) is 16.8. The third-order valence-electron chi connectivity index (χ3n) is 4.08. The summed E-state index contributed by atoms with van der Waals surface area (Å²) in [7, 11) is 1.64. The number of rotatable bonds is 6. The van der Waals surface area contributed by atoms with Gasteiger partial charge in [-0.3, -0.25) is 9.78 Å². The second-order valence-electron chi connectivity index (χ2n) is 5.84. The fraction of sp³-hybridized carbons (Fsp3) is 0.200. The van der Waals surface area contributed by atoms with Crippen LogP contribution in [0.2, 0.25) is 0 Å². The molecule has 0 aliphatic rings. The predicted molar refractivity (Wildman–Crippen MR) is 99.1 cm³/mol. The minimum Gasteiger partial charge on any atom is -0.496 e. The maximum atomic E-state index is 12.5. The van der Waals surface area contributed by atoms with E-state index >= 15 is 0 Å². The number of ether oxygens (including phenoxy) is 1. The van der Waals surface area contributed by atoms with Gasteiger partial charge >= 0.3 is 0 Å². The topological polar surface area (TPSA) is 56.1 Å². The highest BCUT2D eigenvalue weighted by Crippen LogP contribution is 2.19. The molecule has 0 radical (unpaired) electrons. The Balaban J connectivity index is 1.79. The number of hydrogen-bond donors (Lipinski definition) is 1. The van der Waals surface area contributed by atoms with Crippen molar-refractivity contribution >= 4 is 5.69 Å². The van der Waals surface area contributed by atoms with Crippen molar-refractivity contribution in [1.82, 2.24) is 9.55 Å². The van der Waals surface area contributed by atoms with Crippen LogP contribution in [0.1, 0.15) is 16.8 Å². The predicted octanol–water partition coefficient (Wildman–Crippen LogP) is 3.22. The monoisotopic (exact) mass is 335 g/mol. The SMILES string of the molecule is COc1ccccc1Cn1c(C)cc(NCc2cccnc2)cc1=O. The van der Waals surface area contributed by atoms with Crippen LogP contribution in [0.4, 0.5) is 5.69 Å². The van der Waals surface area contributed by atoms with E-state index < -0.39 is 0 Å². The van der Waals surface area contributed by atoms with Crippen molar-refractivity contribution in [2.24, 2.45) is 0 Å². The van der Waals surface area contributed by atoms with Crippen LogP contribution in [0.5, 0.6) is 5.75 Å². The molecule has 0 saturated carbocycles. The highest BCUT2D eigenvalue weighted by Gasteiger charge is 2.08. The van der Waals surface area contributed by atoms with Gasteiger partial charge in [0.15, 0.2) is 0 Å². The molecule has 0 spiro atoms. The molecule has 0 aliphatic heterocycles. The minimum atomic E-state index is -0.0420. The smallest absolute Gasteiger partial charge is 0.253 e. The molecule has 0 aliphatic carbocycles. The number of aryl methyl sites for hydroxylation is 1. The molecule has 0 saturated heterocycles. The van der Waals surface area contributed by atoms with E-state index in [2.05, 4.69) is 10.3 Å². The Morgan fingerprint density at radius 2 is 2.00 bits per heavy atom. The molecule has 25 heavy (non-hydrogen) atoms. The second-order valence-corrected chi connectivity index (χ2v) is 5.84. The Morgan fingerprint density at radius 1 is 1.16 bits per heavy atom. The zero-order valence-electron chi connectivity index (χ0n) is 14.4. The number of methoxy groups -OCH3 is 1. The maximum absolute atomic E-state index is 12.5. The van der Waals surface area contributed by atoms with Gasteiger partial charge in [-0.1, -0.05) is 24.3 Å². The summed E-state index contributed by atoms with van der Waals surface area (Å²) in [6, 6.07) is 15.2. The molecule has 3 aromatic rings. The Morgan fingerprint density at radius 3 is 2.72 bits per heavy atom. The summed E-state index contributed by atoms with van der Waals surface area (Å²) in [5.41, 5.74) is 3.71.